The number of fused-ring (bicyclic) bond motifs is 1. The average molecular weight is 250 g/mol. The lowest BCUT2D eigenvalue weighted by molar-refractivity contribution is 1.68. The van der Waals surface area contributed by atoms with Crippen LogP contribution in [-0.2, 0) is 0 Å². The van der Waals surface area contributed by atoms with Crippen molar-refractivity contribution in [3.8, 4) is 10.4 Å². The molecule has 0 aromatic carbocycles. The molecule has 0 atom stereocenters. The summed E-state index contributed by atoms with van der Waals surface area (Å²) in [5.41, 5.74) is 5.75. The zero-order valence-electron chi connectivity index (χ0n) is 9.59. The van der Waals surface area contributed by atoms with E-state index in [0.29, 0.717) is 0 Å². The number of rotatable bonds is 1. The number of allylic oxidation sites excluding steroid dienone is 5. The Labute approximate surface area is 109 Å². The summed E-state index contributed by atoms with van der Waals surface area (Å²) >= 11 is 1.29. The van der Waals surface area contributed by atoms with Crippen LogP contribution >= 0.6 is 11.3 Å². The Hall–Kier alpha value is -2.15. The normalized spacial score (nSPS) is 13.7. The second kappa shape index (κ2) is 4.61. The van der Waals surface area contributed by atoms with E-state index in [1.54, 1.807) is 0 Å². The first-order valence-corrected chi connectivity index (χ1v) is 6.50. The molecule has 0 unspecified atom stereocenters. The fraction of sp³-hybridized carbons (Fsp3) is 0. The second-order valence-corrected chi connectivity index (χ2v) is 4.94. The minimum absolute atomic E-state index is 0.0960. The van der Waals surface area contributed by atoms with Crippen LogP contribution in [0.25, 0.3) is 16.0 Å². The van der Waals surface area contributed by atoms with Crippen LogP contribution in [0.4, 0.5) is 0 Å². The van der Waals surface area contributed by atoms with Gasteiger partial charge in [0.05, 0.1) is 5.56 Å². The number of hydrogen-bond acceptors (Lipinski definition) is 2. The van der Waals surface area contributed by atoms with E-state index in [0.717, 1.165) is 21.6 Å². The molecule has 2 aliphatic carbocycles. The Bertz CT molecular complexity index is 740. The van der Waals surface area contributed by atoms with Gasteiger partial charge < -0.3 is 0 Å². The van der Waals surface area contributed by atoms with Crippen molar-refractivity contribution in [2.24, 2.45) is 0 Å². The maximum atomic E-state index is 12.1. The van der Waals surface area contributed by atoms with Gasteiger partial charge in [-0.2, -0.15) is 0 Å². The summed E-state index contributed by atoms with van der Waals surface area (Å²) in [6.45, 7) is 0. The monoisotopic (exact) mass is 250 g/mol. The first-order valence-electron chi connectivity index (χ1n) is 5.68. The zero-order chi connectivity index (χ0) is 12.4. The van der Waals surface area contributed by atoms with Crippen LogP contribution in [0.2, 0.25) is 0 Å². The first-order chi connectivity index (χ1) is 8.86. The summed E-state index contributed by atoms with van der Waals surface area (Å²) in [6.07, 6.45) is 9.52. The summed E-state index contributed by atoms with van der Waals surface area (Å²) in [6, 6.07) is 9.85. The lowest BCUT2D eigenvalue weighted by Crippen LogP contribution is -1.96. The van der Waals surface area contributed by atoms with Crippen molar-refractivity contribution in [3.05, 3.63) is 81.5 Å². The summed E-state index contributed by atoms with van der Waals surface area (Å²) in [7, 11) is 0. The van der Waals surface area contributed by atoms with Crippen molar-refractivity contribution in [2.75, 3.05) is 0 Å². The largest absolute Gasteiger partial charge is 0.277 e. The van der Waals surface area contributed by atoms with Crippen LogP contribution in [-0.4, -0.2) is 0 Å². The molecule has 0 aromatic heterocycles. The maximum Gasteiger partial charge on any atom is 0.242 e. The van der Waals surface area contributed by atoms with Crippen LogP contribution in [0.3, 0.4) is 0 Å². The Balaban J connectivity index is 2.30. The molecule has 0 bridgehead atoms. The molecule has 1 nitrogen and oxygen atoms in total. The fourth-order valence-electron chi connectivity index (χ4n) is 1.96. The summed E-state index contributed by atoms with van der Waals surface area (Å²) < 4.78 is 0.0960. The van der Waals surface area contributed by atoms with Crippen LogP contribution in [0, 0.1) is 0 Å². The lowest BCUT2D eigenvalue weighted by Gasteiger charge is -1.97. The van der Waals surface area contributed by atoms with Crippen molar-refractivity contribution < 1.29 is 0 Å². The third kappa shape index (κ3) is 1.88. The Morgan fingerprint density at radius 2 is 1.89 bits per heavy atom. The fourth-order valence-corrected chi connectivity index (χ4v) is 2.90. The molecule has 18 heavy (non-hydrogen) atoms. The Morgan fingerprint density at radius 1 is 1.00 bits per heavy atom. The van der Waals surface area contributed by atoms with Crippen molar-refractivity contribution in [2.45, 2.75) is 0 Å². The van der Waals surface area contributed by atoms with E-state index in [-0.39, 0.29) is 4.74 Å². The van der Waals surface area contributed by atoms with Crippen LogP contribution < -0.4 is 4.74 Å². The van der Waals surface area contributed by atoms with E-state index in [2.05, 4.69) is 5.73 Å². The molecule has 0 N–H and O–H groups in total. The molecule has 0 saturated heterocycles. The van der Waals surface area contributed by atoms with Crippen molar-refractivity contribution >= 4 is 16.9 Å². The highest BCUT2D eigenvalue weighted by Gasteiger charge is 2.16. The lowest BCUT2D eigenvalue weighted by atomic mass is 10.0. The third-order valence-electron chi connectivity index (χ3n) is 2.76. The molecule has 0 fully saturated rings. The van der Waals surface area contributed by atoms with Gasteiger partial charge in [0, 0.05) is 16.0 Å². The Morgan fingerprint density at radius 3 is 2.83 bits per heavy atom. The highest BCUT2D eigenvalue weighted by atomic mass is 32.1. The van der Waals surface area contributed by atoms with Gasteiger partial charge >= 0.3 is 0 Å². The second-order valence-electron chi connectivity index (χ2n) is 3.92. The minimum atomic E-state index is 0.0960. The molecule has 0 amide bonds. The topological polar surface area (TPSA) is 17.1 Å². The van der Waals surface area contributed by atoms with Gasteiger partial charge in [-0.15, -0.1) is 5.73 Å². The number of thiophene rings is 1. The molecule has 86 valence electrons. The van der Waals surface area contributed by atoms with E-state index >= 15 is 0 Å². The van der Waals surface area contributed by atoms with Crippen molar-refractivity contribution in [1.29, 1.82) is 0 Å². The molecule has 1 aliphatic heterocycles. The van der Waals surface area contributed by atoms with Gasteiger partial charge in [0.25, 0.3) is 0 Å². The SMILES string of the molecule is O=c1sc2cccccc-2c1C1=C=CC=CC=C1. The minimum Gasteiger partial charge on any atom is -0.277 e. The summed E-state index contributed by atoms with van der Waals surface area (Å²) in [5, 5.41) is 0. The van der Waals surface area contributed by atoms with Gasteiger partial charge in [0.15, 0.2) is 0 Å². The van der Waals surface area contributed by atoms with E-state index in [9.17, 15) is 4.79 Å². The molecule has 0 spiro atoms. The van der Waals surface area contributed by atoms with E-state index in [1.165, 1.54) is 11.3 Å². The van der Waals surface area contributed by atoms with Crippen LogP contribution in [0.5, 0.6) is 0 Å². The third-order valence-corrected chi connectivity index (χ3v) is 3.73. The quantitative estimate of drug-likeness (QED) is 0.702. The highest BCUT2D eigenvalue weighted by Crippen LogP contribution is 2.32. The molecular formula is C16H10OS. The predicted molar refractivity (Wildman–Crippen MR) is 77.0 cm³/mol. The predicted octanol–water partition coefficient (Wildman–Crippen LogP) is 3.88. The van der Waals surface area contributed by atoms with Gasteiger partial charge in [-0.1, -0.05) is 53.8 Å². The van der Waals surface area contributed by atoms with Gasteiger partial charge in [-0.25, -0.2) is 0 Å². The number of hydrogen-bond donors (Lipinski definition) is 0. The molecule has 0 radical (unpaired) electrons. The zero-order valence-corrected chi connectivity index (χ0v) is 10.4. The molecule has 0 saturated carbocycles. The molecule has 1 heterocycles. The van der Waals surface area contributed by atoms with Crippen LogP contribution in [0.15, 0.2) is 71.2 Å². The summed E-state index contributed by atoms with van der Waals surface area (Å²) in [4.78, 5) is 13.2. The van der Waals surface area contributed by atoms with E-state index < -0.39 is 0 Å². The van der Waals surface area contributed by atoms with Gasteiger partial charge in [-0.05, 0) is 18.2 Å². The molecule has 3 aliphatic rings. The van der Waals surface area contributed by atoms with Crippen LogP contribution in [0.1, 0.15) is 5.56 Å². The van der Waals surface area contributed by atoms with Gasteiger partial charge in [0.2, 0.25) is 4.74 Å². The smallest absolute Gasteiger partial charge is 0.242 e. The molecule has 3 rings (SSSR count). The van der Waals surface area contributed by atoms with Crippen molar-refractivity contribution in [1.82, 2.24) is 0 Å². The van der Waals surface area contributed by atoms with E-state index in [4.69, 9.17) is 0 Å². The standard InChI is InChI=1S/C16H10OS/c17-16-15(12-8-4-1-2-5-9-12)13-10-6-3-7-11-14(13)18-16/h1-8,10-11H. The van der Waals surface area contributed by atoms with Gasteiger partial charge in [0.1, 0.15) is 0 Å². The molecular weight excluding hydrogens is 240 g/mol. The summed E-state index contributed by atoms with van der Waals surface area (Å²) in [5.74, 6) is 0. The highest BCUT2D eigenvalue weighted by molar-refractivity contribution is 7.13. The first kappa shape index (κ1) is 11.0. The average Bonchev–Trinajstić information content (AvgIpc) is 2.62. The van der Waals surface area contributed by atoms with E-state index in [1.807, 2.05) is 60.7 Å². The maximum absolute atomic E-state index is 12.1. The molecule has 2 heteroatoms. The van der Waals surface area contributed by atoms with Gasteiger partial charge in [-0.3, -0.25) is 4.79 Å². The molecule has 0 aromatic rings. The van der Waals surface area contributed by atoms with Crippen molar-refractivity contribution in [3.63, 3.8) is 0 Å². The Kier molecular flexibility index (Phi) is 2.81.